The first-order valence-electron chi connectivity index (χ1n) is 9.72. The summed E-state index contributed by atoms with van der Waals surface area (Å²) < 4.78 is 16.9. The lowest BCUT2D eigenvalue weighted by atomic mass is 10.0. The fraction of sp³-hybridized carbons (Fsp3) is 0.120. The van der Waals surface area contributed by atoms with Crippen molar-refractivity contribution in [2.24, 2.45) is 0 Å². The van der Waals surface area contributed by atoms with Crippen molar-refractivity contribution in [2.75, 3.05) is 0 Å². The minimum absolute atomic E-state index is 0.0873. The largest absolute Gasteiger partial charge is 0.460 e. The van der Waals surface area contributed by atoms with Gasteiger partial charge >= 0.3 is 5.97 Å². The summed E-state index contributed by atoms with van der Waals surface area (Å²) in [6.07, 6.45) is 1.27. The van der Waals surface area contributed by atoms with E-state index in [0.29, 0.717) is 21.7 Å². The van der Waals surface area contributed by atoms with Gasteiger partial charge < -0.3 is 13.9 Å². The Hall–Kier alpha value is -3.57. The predicted molar refractivity (Wildman–Crippen MR) is 119 cm³/mol. The molecule has 0 saturated carbocycles. The molecule has 0 unspecified atom stereocenters. The molecule has 0 spiro atoms. The van der Waals surface area contributed by atoms with E-state index in [1.165, 1.54) is 24.5 Å². The molecule has 4 aromatic rings. The van der Waals surface area contributed by atoms with Gasteiger partial charge in [-0.15, -0.1) is 0 Å². The number of hydrogen-bond donors (Lipinski definition) is 0. The molecule has 0 fully saturated rings. The molecule has 0 aliphatic heterocycles. The highest BCUT2D eigenvalue weighted by Crippen LogP contribution is 2.30. The van der Waals surface area contributed by atoms with Crippen LogP contribution in [0.25, 0.3) is 11.0 Å². The Labute approximate surface area is 183 Å². The first kappa shape index (κ1) is 20.7. The third-order valence-electron chi connectivity index (χ3n) is 4.75. The number of hydrogen-bond acceptors (Lipinski definition) is 5. The molecule has 0 bridgehead atoms. The fourth-order valence-corrected chi connectivity index (χ4v) is 3.37. The summed E-state index contributed by atoms with van der Waals surface area (Å²) in [7, 11) is 0. The standard InChI is InChI=1S/C25H19ClO5/c1-15(2)19-8-3-4-9-21(19)31-23-14-29-22-13-18(10-11-20(22)24(23)27)30-25(28)16-6-5-7-17(26)12-16/h3-15H,1-2H3. The smallest absolute Gasteiger partial charge is 0.343 e. The van der Waals surface area contributed by atoms with Gasteiger partial charge in [0.05, 0.1) is 10.9 Å². The first-order chi connectivity index (χ1) is 14.9. The molecule has 0 radical (unpaired) electrons. The van der Waals surface area contributed by atoms with Crippen molar-refractivity contribution in [1.29, 1.82) is 0 Å². The number of esters is 1. The summed E-state index contributed by atoms with van der Waals surface area (Å²) in [5, 5.41) is 0.757. The number of halogens is 1. The van der Waals surface area contributed by atoms with Gasteiger partial charge in [-0.2, -0.15) is 0 Å². The molecule has 1 aromatic heterocycles. The molecule has 5 nitrogen and oxygen atoms in total. The van der Waals surface area contributed by atoms with Gasteiger partial charge in [-0.05, 0) is 47.9 Å². The second-order valence-electron chi connectivity index (χ2n) is 7.28. The number of fused-ring (bicyclic) bond motifs is 1. The number of benzene rings is 3. The summed E-state index contributed by atoms with van der Waals surface area (Å²) in [6.45, 7) is 4.11. The third-order valence-corrected chi connectivity index (χ3v) is 4.98. The molecule has 0 atom stereocenters. The molecule has 0 aliphatic carbocycles. The Morgan fingerprint density at radius 3 is 2.55 bits per heavy atom. The Morgan fingerprint density at radius 1 is 0.968 bits per heavy atom. The van der Waals surface area contributed by atoms with Crippen LogP contribution in [0, 0.1) is 0 Å². The van der Waals surface area contributed by atoms with Gasteiger partial charge in [-0.3, -0.25) is 4.79 Å². The molecule has 0 N–H and O–H groups in total. The summed E-state index contributed by atoms with van der Waals surface area (Å²) in [5.74, 6) is 0.620. The number of carbonyl (C=O) groups is 1. The van der Waals surface area contributed by atoms with Gasteiger partial charge in [-0.25, -0.2) is 4.79 Å². The average Bonchev–Trinajstić information content (AvgIpc) is 2.76. The zero-order chi connectivity index (χ0) is 22.0. The fourth-order valence-electron chi connectivity index (χ4n) is 3.18. The Morgan fingerprint density at radius 2 is 1.77 bits per heavy atom. The molecule has 4 rings (SSSR count). The van der Waals surface area contributed by atoms with Crippen molar-refractivity contribution >= 4 is 28.5 Å². The normalized spacial score (nSPS) is 11.0. The summed E-state index contributed by atoms with van der Waals surface area (Å²) in [6, 6.07) is 18.6. The first-order valence-corrected chi connectivity index (χ1v) is 10.1. The Kier molecular flexibility index (Phi) is 5.78. The maximum atomic E-state index is 12.9. The lowest BCUT2D eigenvalue weighted by molar-refractivity contribution is 0.0735. The molecule has 156 valence electrons. The molecule has 0 aliphatic rings. The number of para-hydroxylation sites is 1. The van der Waals surface area contributed by atoms with Crippen LogP contribution in [0.5, 0.6) is 17.2 Å². The summed E-state index contributed by atoms with van der Waals surface area (Å²) in [5.41, 5.74) is 1.28. The number of ether oxygens (including phenoxy) is 2. The second kappa shape index (κ2) is 8.66. The van der Waals surface area contributed by atoms with Crippen molar-refractivity contribution in [3.8, 4) is 17.2 Å². The lowest BCUT2D eigenvalue weighted by Gasteiger charge is -2.13. The predicted octanol–water partition coefficient (Wildman–Crippen LogP) is 6.58. The SMILES string of the molecule is CC(C)c1ccccc1Oc1coc2cc(OC(=O)c3cccc(Cl)c3)ccc2c1=O. The van der Waals surface area contributed by atoms with Crippen molar-refractivity contribution < 1.29 is 18.7 Å². The van der Waals surface area contributed by atoms with Crippen LogP contribution in [0.2, 0.25) is 5.02 Å². The van der Waals surface area contributed by atoms with Crippen LogP contribution in [0.3, 0.4) is 0 Å². The number of rotatable bonds is 5. The van der Waals surface area contributed by atoms with Crippen molar-refractivity contribution in [1.82, 2.24) is 0 Å². The van der Waals surface area contributed by atoms with Gasteiger partial charge in [-0.1, -0.05) is 49.7 Å². The summed E-state index contributed by atoms with van der Waals surface area (Å²) >= 11 is 5.92. The van der Waals surface area contributed by atoms with E-state index in [9.17, 15) is 9.59 Å². The number of carbonyl (C=O) groups excluding carboxylic acids is 1. The zero-order valence-corrected chi connectivity index (χ0v) is 17.7. The minimum Gasteiger partial charge on any atom is -0.460 e. The van der Waals surface area contributed by atoms with Crippen LogP contribution in [0.1, 0.15) is 35.7 Å². The van der Waals surface area contributed by atoms with E-state index in [0.717, 1.165) is 5.56 Å². The van der Waals surface area contributed by atoms with Crippen LogP contribution in [-0.4, -0.2) is 5.97 Å². The highest BCUT2D eigenvalue weighted by atomic mass is 35.5. The third kappa shape index (κ3) is 4.47. The van der Waals surface area contributed by atoms with E-state index in [4.69, 9.17) is 25.5 Å². The van der Waals surface area contributed by atoms with Crippen molar-refractivity contribution in [3.05, 3.63) is 99.4 Å². The van der Waals surface area contributed by atoms with E-state index < -0.39 is 5.97 Å². The van der Waals surface area contributed by atoms with Gasteiger partial charge in [0.25, 0.3) is 0 Å². The topological polar surface area (TPSA) is 65.7 Å². The van der Waals surface area contributed by atoms with Crippen molar-refractivity contribution in [2.45, 2.75) is 19.8 Å². The van der Waals surface area contributed by atoms with E-state index in [2.05, 4.69) is 13.8 Å². The van der Waals surface area contributed by atoms with Crippen LogP contribution < -0.4 is 14.9 Å². The lowest BCUT2D eigenvalue weighted by Crippen LogP contribution is -2.09. The Bertz CT molecular complexity index is 1320. The van der Waals surface area contributed by atoms with Crippen LogP contribution >= 0.6 is 11.6 Å². The highest BCUT2D eigenvalue weighted by molar-refractivity contribution is 6.30. The zero-order valence-electron chi connectivity index (χ0n) is 16.9. The van der Waals surface area contributed by atoms with Gasteiger partial charge in [0.15, 0.2) is 0 Å². The van der Waals surface area contributed by atoms with Gasteiger partial charge in [0.2, 0.25) is 11.2 Å². The van der Waals surface area contributed by atoms with E-state index in [-0.39, 0.29) is 28.4 Å². The highest BCUT2D eigenvalue weighted by Gasteiger charge is 2.15. The van der Waals surface area contributed by atoms with Gasteiger partial charge in [0, 0.05) is 11.1 Å². The minimum atomic E-state index is -0.561. The molecule has 0 amide bonds. The second-order valence-corrected chi connectivity index (χ2v) is 7.72. The molecular weight excluding hydrogens is 416 g/mol. The molecule has 1 heterocycles. The van der Waals surface area contributed by atoms with Gasteiger partial charge in [0.1, 0.15) is 23.3 Å². The monoisotopic (exact) mass is 434 g/mol. The van der Waals surface area contributed by atoms with E-state index in [1.807, 2.05) is 24.3 Å². The van der Waals surface area contributed by atoms with E-state index in [1.54, 1.807) is 24.3 Å². The maximum absolute atomic E-state index is 12.9. The molecule has 31 heavy (non-hydrogen) atoms. The van der Waals surface area contributed by atoms with E-state index >= 15 is 0 Å². The quantitative estimate of drug-likeness (QED) is 0.262. The molecule has 6 heteroatoms. The van der Waals surface area contributed by atoms with Crippen LogP contribution in [0.4, 0.5) is 0 Å². The van der Waals surface area contributed by atoms with Crippen molar-refractivity contribution in [3.63, 3.8) is 0 Å². The maximum Gasteiger partial charge on any atom is 0.343 e. The van der Waals surface area contributed by atoms with Crippen LogP contribution in [0.15, 0.2) is 82.2 Å². The molecule has 3 aromatic carbocycles. The molecule has 0 saturated heterocycles. The average molecular weight is 435 g/mol. The summed E-state index contributed by atoms with van der Waals surface area (Å²) in [4.78, 5) is 25.2. The molecular formula is C25H19ClO5. The van der Waals surface area contributed by atoms with Crippen LogP contribution in [-0.2, 0) is 0 Å². The Balaban J connectivity index is 1.61.